The van der Waals surface area contributed by atoms with Crippen LogP contribution in [-0.4, -0.2) is 36.0 Å². The van der Waals surface area contributed by atoms with Crippen molar-refractivity contribution >= 4 is 39.8 Å². The molecule has 1 fully saturated rings. The molecule has 0 bridgehead atoms. The van der Waals surface area contributed by atoms with Crippen LogP contribution in [0.15, 0.2) is 42.6 Å². The van der Waals surface area contributed by atoms with E-state index in [1.807, 2.05) is 23.0 Å². The van der Waals surface area contributed by atoms with Crippen molar-refractivity contribution in [1.29, 1.82) is 0 Å². The van der Waals surface area contributed by atoms with Crippen molar-refractivity contribution in [3.05, 3.63) is 58.2 Å². The van der Waals surface area contributed by atoms with Crippen LogP contribution < -0.4 is 10.2 Å². The minimum absolute atomic E-state index is 0.0283. The van der Waals surface area contributed by atoms with E-state index in [1.165, 1.54) is 5.69 Å². The summed E-state index contributed by atoms with van der Waals surface area (Å²) in [6.45, 7) is 6.21. The molecule has 4 rings (SSSR count). The summed E-state index contributed by atoms with van der Waals surface area (Å²) in [7, 11) is 0. The summed E-state index contributed by atoms with van der Waals surface area (Å²) in [6.07, 6.45) is 1.91. The van der Waals surface area contributed by atoms with Gasteiger partial charge in [0.25, 0.3) is 0 Å². The Bertz CT molecular complexity index is 900. The van der Waals surface area contributed by atoms with E-state index in [-0.39, 0.29) is 6.04 Å². The van der Waals surface area contributed by atoms with Crippen LogP contribution in [-0.2, 0) is 0 Å². The van der Waals surface area contributed by atoms with Gasteiger partial charge in [-0.15, -0.1) is 0 Å². The van der Waals surface area contributed by atoms with Crippen LogP contribution in [0.25, 0.3) is 10.9 Å². The summed E-state index contributed by atoms with van der Waals surface area (Å²) in [5.74, 6) is 0. The summed E-state index contributed by atoms with van der Waals surface area (Å²) in [5.41, 5.74) is 3.38. The fraction of sp³-hybridized carbons (Fsp3) is 0.316. The molecule has 1 N–H and O–H groups in total. The molecule has 1 aliphatic rings. The largest absolute Gasteiger partial charge is 0.369 e. The monoisotopic (exact) mass is 374 g/mol. The van der Waals surface area contributed by atoms with Gasteiger partial charge in [0.05, 0.1) is 17.8 Å². The fourth-order valence-corrected chi connectivity index (χ4v) is 3.99. The summed E-state index contributed by atoms with van der Waals surface area (Å²) >= 11 is 12.4. The highest BCUT2D eigenvalue weighted by Gasteiger charge is 2.17. The maximum atomic E-state index is 6.40. The molecule has 0 aliphatic carbocycles. The summed E-state index contributed by atoms with van der Waals surface area (Å²) in [4.78, 5) is 2.41. The average Bonchev–Trinajstić information content (AvgIpc) is 3.05. The van der Waals surface area contributed by atoms with Gasteiger partial charge in [0.15, 0.2) is 0 Å². The predicted molar refractivity (Wildman–Crippen MR) is 105 cm³/mol. The zero-order valence-electron chi connectivity index (χ0n) is 14.0. The van der Waals surface area contributed by atoms with Gasteiger partial charge in [-0.25, -0.2) is 0 Å². The lowest BCUT2D eigenvalue weighted by molar-refractivity contribution is 0.582. The van der Waals surface area contributed by atoms with Crippen LogP contribution in [0.5, 0.6) is 0 Å². The minimum Gasteiger partial charge on any atom is -0.369 e. The van der Waals surface area contributed by atoms with E-state index in [0.29, 0.717) is 10.0 Å². The van der Waals surface area contributed by atoms with Crippen molar-refractivity contribution in [1.82, 2.24) is 15.1 Å². The Hall–Kier alpha value is -1.75. The number of nitrogens with one attached hydrogen (secondary N) is 1. The van der Waals surface area contributed by atoms with E-state index in [9.17, 15) is 0 Å². The smallest absolute Gasteiger partial charge is 0.0761 e. The molecular weight excluding hydrogens is 355 g/mol. The molecule has 130 valence electrons. The second-order valence-electron chi connectivity index (χ2n) is 6.41. The van der Waals surface area contributed by atoms with Crippen molar-refractivity contribution in [3.8, 4) is 0 Å². The van der Waals surface area contributed by atoms with Gasteiger partial charge < -0.3 is 10.2 Å². The highest BCUT2D eigenvalue weighted by Crippen LogP contribution is 2.31. The second-order valence-corrected chi connectivity index (χ2v) is 7.25. The number of aromatic nitrogens is 2. The van der Waals surface area contributed by atoms with E-state index < -0.39 is 0 Å². The second kappa shape index (κ2) is 6.87. The van der Waals surface area contributed by atoms with E-state index >= 15 is 0 Å². The molecule has 0 amide bonds. The molecule has 4 nitrogen and oxygen atoms in total. The molecule has 2 aromatic carbocycles. The van der Waals surface area contributed by atoms with Gasteiger partial charge in [0.1, 0.15) is 0 Å². The molecule has 0 unspecified atom stereocenters. The normalized spacial score (nSPS) is 16.4. The summed E-state index contributed by atoms with van der Waals surface area (Å²) in [5, 5.41) is 10.5. The van der Waals surface area contributed by atoms with Crippen molar-refractivity contribution < 1.29 is 0 Å². The van der Waals surface area contributed by atoms with Crippen LogP contribution in [0.1, 0.15) is 18.5 Å². The molecule has 1 atom stereocenters. The van der Waals surface area contributed by atoms with Crippen molar-refractivity contribution in [2.75, 3.05) is 31.1 Å². The third-order valence-electron chi connectivity index (χ3n) is 4.84. The molecule has 6 heteroatoms. The lowest BCUT2D eigenvalue weighted by atomic mass is 10.1. The Morgan fingerprint density at radius 2 is 1.88 bits per heavy atom. The SMILES string of the molecule is C[C@H](c1ccc(Cl)cc1Cl)n1ncc2ccc(N3CCNCC3)cc21. The van der Waals surface area contributed by atoms with Crippen LogP contribution in [0, 0.1) is 0 Å². The summed E-state index contributed by atoms with van der Waals surface area (Å²) in [6, 6.07) is 12.2. The Kier molecular flexibility index (Phi) is 4.59. The van der Waals surface area contributed by atoms with Crippen molar-refractivity contribution in [3.63, 3.8) is 0 Å². The number of piperazine rings is 1. The van der Waals surface area contributed by atoms with Crippen molar-refractivity contribution in [2.24, 2.45) is 0 Å². The van der Waals surface area contributed by atoms with Crippen LogP contribution >= 0.6 is 23.2 Å². The van der Waals surface area contributed by atoms with Gasteiger partial charge in [-0.3, -0.25) is 4.68 Å². The highest BCUT2D eigenvalue weighted by molar-refractivity contribution is 6.35. The first-order valence-corrected chi connectivity index (χ1v) is 9.27. The van der Waals surface area contributed by atoms with Crippen LogP contribution in [0.3, 0.4) is 0 Å². The molecule has 3 aromatic rings. The van der Waals surface area contributed by atoms with Gasteiger partial charge in [0, 0.05) is 47.3 Å². The summed E-state index contributed by atoms with van der Waals surface area (Å²) < 4.78 is 2.04. The predicted octanol–water partition coefficient (Wildman–Crippen LogP) is 4.36. The van der Waals surface area contributed by atoms with E-state index in [4.69, 9.17) is 23.2 Å². The van der Waals surface area contributed by atoms with Gasteiger partial charge in [-0.2, -0.15) is 5.10 Å². The number of hydrogen-bond donors (Lipinski definition) is 1. The van der Waals surface area contributed by atoms with Crippen LogP contribution in [0.4, 0.5) is 5.69 Å². The molecule has 1 saturated heterocycles. The maximum Gasteiger partial charge on any atom is 0.0761 e. The van der Waals surface area contributed by atoms with Crippen LogP contribution in [0.2, 0.25) is 10.0 Å². The van der Waals surface area contributed by atoms with Gasteiger partial charge in [0.2, 0.25) is 0 Å². The molecule has 25 heavy (non-hydrogen) atoms. The van der Waals surface area contributed by atoms with E-state index in [1.54, 1.807) is 6.07 Å². The first-order valence-electron chi connectivity index (χ1n) is 8.51. The Morgan fingerprint density at radius 3 is 2.64 bits per heavy atom. The third kappa shape index (κ3) is 3.22. The van der Waals surface area contributed by atoms with Gasteiger partial charge in [-0.05, 0) is 42.8 Å². The lowest BCUT2D eigenvalue weighted by Gasteiger charge is -2.29. The Balaban J connectivity index is 1.73. The number of nitrogens with zero attached hydrogens (tertiary/aromatic N) is 3. The topological polar surface area (TPSA) is 33.1 Å². The number of hydrogen-bond acceptors (Lipinski definition) is 3. The first kappa shape index (κ1) is 16.7. The standard InChI is InChI=1S/C19H20Cl2N4/c1-13(17-5-3-15(20)10-18(17)21)25-19-11-16(4-2-14(19)12-23-25)24-8-6-22-7-9-24/h2-5,10-13,22H,6-9H2,1H3/t13-/m1/s1. The zero-order valence-corrected chi connectivity index (χ0v) is 15.6. The van der Waals surface area contributed by atoms with Crippen molar-refractivity contribution in [2.45, 2.75) is 13.0 Å². The maximum absolute atomic E-state index is 6.40. The Labute approximate surface area is 157 Å². The number of anilines is 1. The fourth-order valence-electron chi connectivity index (χ4n) is 3.43. The Morgan fingerprint density at radius 1 is 1.08 bits per heavy atom. The van der Waals surface area contributed by atoms with Gasteiger partial charge >= 0.3 is 0 Å². The zero-order chi connectivity index (χ0) is 17.4. The number of fused-ring (bicyclic) bond motifs is 1. The van der Waals surface area contributed by atoms with E-state index in [0.717, 1.165) is 42.6 Å². The number of halogens is 2. The van der Waals surface area contributed by atoms with E-state index in [2.05, 4.69) is 40.4 Å². The molecule has 2 heterocycles. The highest BCUT2D eigenvalue weighted by atomic mass is 35.5. The third-order valence-corrected chi connectivity index (χ3v) is 5.41. The molecule has 0 radical (unpaired) electrons. The quantitative estimate of drug-likeness (QED) is 0.738. The van der Waals surface area contributed by atoms with Gasteiger partial charge in [-0.1, -0.05) is 29.3 Å². The number of rotatable bonds is 3. The molecule has 0 saturated carbocycles. The molecule has 1 aliphatic heterocycles. The first-order chi connectivity index (χ1) is 12.1. The average molecular weight is 375 g/mol. The lowest BCUT2D eigenvalue weighted by Crippen LogP contribution is -2.43. The minimum atomic E-state index is 0.0283. The molecule has 0 spiro atoms. The molecular formula is C19H20Cl2N4. The number of benzene rings is 2. The molecule has 1 aromatic heterocycles.